The molecule has 1 fully saturated rings. The molecule has 2 aromatic heterocycles. The predicted molar refractivity (Wildman–Crippen MR) is 89.3 cm³/mol. The lowest BCUT2D eigenvalue weighted by Gasteiger charge is -2.29. The predicted octanol–water partition coefficient (Wildman–Crippen LogP) is 2.24. The Morgan fingerprint density at radius 3 is 3.00 bits per heavy atom. The van der Waals surface area contributed by atoms with Gasteiger partial charge in [0.2, 0.25) is 0 Å². The molecule has 0 aromatic carbocycles. The van der Waals surface area contributed by atoms with Gasteiger partial charge in [0.15, 0.2) is 0 Å². The second-order valence-corrected chi connectivity index (χ2v) is 6.23. The van der Waals surface area contributed by atoms with Crippen molar-refractivity contribution in [3.05, 3.63) is 30.1 Å². The van der Waals surface area contributed by atoms with Gasteiger partial charge in [0.05, 0.1) is 23.4 Å². The van der Waals surface area contributed by atoms with E-state index in [2.05, 4.69) is 10.4 Å². The molecule has 1 unspecified atom stereocenters. The number of fused-ring (bicyclic) bond motifs is 1. The molecule has 124 valence electrons. The number of carbonyl (C=O) groups is 1. The van der Waals surface area contributed by atoms with Crippen molar-refractivity contribution in [3.63, 3.8) is 0 Å². The van der Waals surface area contributed by atoms with Crippen molar-refractivity contribution in [1.82, 2.24) is 14.9 Å². The number of nitrogens with zero attached hydrogens (tertiary/aromatic N) is 2. The van der Waals surface area contributed by atoms with Gasteiger partial charge in [0.25, 0.3) is 5.91 Å². The lowest BCUT2D eigenvalue weighted by Crippen LogP contribution is -2.38. The third-order valence-corrected chi connectivity index (χ3v) is 4.73. The van der Waals surface area contributed by atoms with Crippen molar-refractivity contribution in [2.24, 2.45) is 5.92 Å². The maximum atomic E-state index is 12.5. The molecule has 0 bridgehead atoms. The number of rotatable bonds is 5. The van der Waals surface area contributed by atoms with E-state index >= 15 is 0 Å². The van der Waals surface area contributed by atoms with E-state index in [0.29, 0.717) is 29.2 Å². The molecule has 3 rings (SSSR count). The van der Waals surface area contributed by atoms with Crippen molar-refractivity contribution in [2.45, 2.75) is 38.2 Å². The van der Waals surface area contributed by atoms with Crippen LogP contribution in [-0.4, -0.2) is 35.3 Å². The van der Waals surface area contributed by atoms with E-state index < -0.39 is 0 Å². The fraction of sp³-hybridized carbons (Fsp3) is 0.529. The van der Waals surface area contributed by atoms with E-state index in [9.17, 15) is 4.79 Å². The number of aromatic nitrogens is 2. The van der Waals surface area contributed by atoms with E-state index in [4.69, 9.17) is 10.5 Å². The van der Waals surface area contributed by atoms with Crippen LogP contribution in [0.15, 0.2) is 24.5 Å². The highest BCUT2D eigenvalue weighted by Crippen LogP contribution is 2.27. The number of nitrogen functional groups attached to an aromatic ring is 1. The zero-order chi connectivity index (χ0) is 16.2. The Morgan fingerprint density at radius 1 is 1.48 bits per heavy atom. The number of amides is 1. The van der Waals surface area contributed by atoms with Crippen LogP contribution in [0.3, 0.4) is 0 Å². The first-order valence-corrected chi connectivity index (χ1v) is 8.23. The number of carbonyl (C=O) groups excluding carboxylic acids is 1. The van der Waals surface area contributed by atoms with Gasteiger partial charge in [-0.05, 0) is 30.9 Å². The SMILES string of the molecule is COC(CNC(=O)c1cnn2ccc(N)cc12)C1CCCCC1. The maximum absolute atomic E-state index is 12.5. The third kappa shape index (κ3) is 3.47. The first-order valence-electron chi connectivity index (χ1n) is 8.23. The summed E-state index contributed by atoms with van der Waals surface area (Å²) in [6.45, 7) is 0.527. The number of ether oxygens (including phenoxy) is 1. The van der Waals surface area contributed by atoms with Gasteiger partial charge in [-0.2, -0.15) is 5.10 Å². The molecular weight excluding hydrogens is 292 g/mol. The highest BCUT2D eigenvalue weighted by atomic mass is 16.5. The summed E-state index contributed by atoms with van der Waals surface area (Å²) in [7, 11) is 1.72. The standard InChI is InChI=1S/C17H24N4O2/c1-23-16(12-5-3-2-4-6-12)11-19-17(22)14-10-20-21-8-7-13(18)9-15(14)21/h7-10,12,16H,2-6,11,18H2,1H3,(H,19,22). The molecule has 6 nitrogen and oxygen atoms in total. The smallest absolute Gasteiger partial charge is 0.255 e. The van der Waals surface area contributed by atoms with Gasteiger partial charge in [0, 0.05) is 25.5 Å². The van der Waals surface area contributed by atoms with Gasteiger partial charge in [-0.15, -0.1) is 0 Å². The summed E-state index contributed by atoms with van der Waals surface area (Å²) in [5, 5.41) is 7.17. The summed E-state index contributed by atoms with van der Waals surface area (Å²) in [4.78, 5) is 12.5. The molecule has 1 saturated carbocycles. The number of pyridine rings is 1. The monoisotopic (exact) mass is 316 g/mol. The Morgan fingerprint density at radius 2 is 2.26 bits per heavy atom. The van der Waals surface area contributed by atoms with Gasteiger partial charge in [-0.1, -0.05) is 19.3 Å². The number of nitrogens with two attached hydrogens (primary N) is 1. The maximum Gasteiger partial charge on any atom is 0.255 e. The first kappa shape index (κ1) is 15.8. The quantitative estimate of drug-likeness (QED) is 0.886. The Labute approximate surface area is 136 Å². The van der Waals surface area contributed by atoms with Crippen LogP contribution in [0, 0.1) is 5.92 Å². The van der Waals surface area contributed by atoms with E-state index in [1.165, 1.54) is 32.1 Å². The largest absolute Gasteiger partial charge is 0.399 e. The van der Waals surface area contributed by atoms with Crippen molar-refractivity contribution in [3.8, 4) is 0 Å². The van der Waals surface area contributed by atoms with Crippen LogP contribution in [0.4, 0.5) is 5.69 Å². The number of anilines is 1. The minimum atomic E-state index is -0.136. The summed E-state index contributed by atoms with van der Waals surface area (Å²) in [6.07, 6.45) is 9.59. The fourth-order valence-electron chi connectivity index (χ4n) is 3.41. The molecule has 0 saturated heterocycles. The third-order valence-electron chi connectivity index (χ3n) is 4.73. The van der Waals surface area contributed by atoms with Crippen LogP contribution < -0.4 is 11.1 Å². The summed E-state index contributed by atoms with van der Waals surface area (Å²) in [6, 6.07) is 3.52. The minimum absolute atomic E-state index is 0.0751. The van der Waals surface area contributed by atoms with Gasteiger partial charge in [-0.3, -0.25) is 4.79 Å². The van der Waals surface area contributed by atoms with Crippen LogP contribution in [0.2, 0.25) is 0 Å². The Bertz CT molecular complexity index is 676. The number of hydrogen-bond acceptors (Lipinski definition) is 4. The molecule has 2 heterocycles. The molecule has 1 amide bonds. The molecule has 23 heavy (non-hydrogen) atoms. The second-order valence-electron chi connectivity index (χ2n) is 6.23. The van der Waals surface area contributed by atoms with E-state index in [1.54, 1.807) is 36.2 Å². The van der Waals surface area contributed by atoms with Gasteiger partial charge < -0.3 is 15.8 Å². The summed E-state index contributed by atoms with van der Waals surface area (Å²) < 4.78 is 7.26. The second kappa shape index (κ2) is 7.00. The summed E-state index contributed by atoms with van der Waals surface area (Å²) >= 11 is 0. The van der Waals surface area contributed by atoms with Crippen LogP contribution in [0.25, 0.3) is 5.52 Å². The Hall–Kier alpha value is -2.08. The average Bonchev–Trinajstić information content (AvgIpc) is 2.99. The molecule has 6 heteroatoms. The summed E-state index contributed by atoms with van der Waals surface area (Å²) in [5.74, 6) is 0.400. The van der Waals surface area contributed by atoms with Gasteiger partial charge >= 0.3 is 0 Å². The van der Waals surface area contributed by atoms with Gasteiger partial charge in [-0.25, -0.2) is 4.52 Å². The Balaban J connectivity index is 1.66. The zero-order valence-corrected chi connectivity index (χ0v) is 13.5. The molecule has 0 aliphatic heterocycles. The number of nitrogens with one attached hydrogen (secondary N) is 1. The molecule has 1 aliphatic rings. The van der Waals surface area contributed by atoms with Crippen LogP contribution in [0.5, 0.6) is 0 Å². The van der Waals surface area contributed by atoms with Crippen molar-refractivity contribution in [1.29, 1.82) is 0 Å². The number of hydrogen-bond donors (Lipinski definition) is 2. The van der Waals surface area contributed by atoms with Crippen LogP contribution in [0.1, 0.15) is 42.5 Å². The van der Waals surface area contributed by atoms with E-state index in [1.807, 2.05) is 0 Å². The van der Waals surface area contributed by atoms with Crippen LogP contribution >= 0.6 is 0 Å². The zero-order valence-electron chi connectivity index (χ0n) is 13.5. The average molecular weight is 316 g/mol. The van der Waals surface area contributed by atoms with E-state index in [0.717, 1.165) is 0 Å². The molecule has 0 spiro atoms. The topological polar surface area (TPSA) is 81.6 Å². The van der Waals surface area contributed by atoms with E-state index in [-0.39, 0.29) is 12.0 Å². The normalized spacial score (nSPS) is 17.3. The Kier molecular flexibility index (Phi) is 4.81. The molecule has 3 N–H and O–H groups in total. The molecule has 2 aromatic rings. The lowest BCUT2D eigenvalue weighted by atomic mass is 9.85. The van der Waals surface area contributed by atoms with Crippen molar-refractivity contribution in [2.75, 3.05) is 19.4 Å². The minimum Gasteiger partial charge on any atom is -0.399 e. The lowest BCUT2D eigenvalue weighted by molar-refractivity contribution is 0.0359. The molecule has 0 radical (unpaired) electrons. The molecule has 1 aliphatic carbocycles. The fourth-order valence-corrected chi connectivity index (χ4v) is 3.41. The van der Waals surface area contributed by atoms with Crippen molar-refractivity contribution < 1.29 is 9.53 Å². The molecular formula is C17H24N4O2. The molecule has 1 atom stereocenters. The highest BCUT2D eigenvalue weighted by molar-refractivity contribution is 6.00. The van der Waals surface area contributed by atoms with Gasteiger partial charge in [0.1, 0.15) is 0 Å². The van der Waals surface area contributed by atoms with Crippen LogP contribution in [-0.2, 0) is 4.74 Å². The van der Waals surface area contributed by atoms with Crippen molar-refractivity contribution >= 4 is 17.1 Å². The first-order chi connectivity index (χ1) is 11.2. The highest BCUT2D eigenvalue weighted by Gasteiger charge is 2.24. The number of methoxy groups -OCH3 is 1. The summed E-state index contributed by atoms with van der Waals surface area (Å²) in [5.41, 5.74) is 7.67.